The zero-order valence-electron chi connectivity index (χ0n) is 10.8. The minimum Gasteiger partial charge on any atom is -0.481 e. The predicted molar refractivity (Wildman–Crippen MR) is 67.0 cm³/mol. The normalized spacial score (nSPS) is 17.5. The van der Waals surface area contributed by atoms with Crippen LogP contribution in [0.3, 0.4) is 0 Å². The average molecular weight is 293 g/mol. The Bertz CT molecular complexity index is 440. The first kappa shape index (κ1) is 15.9. The van der Waals surface area contributed by atoms with E-state index in [1.165, 1.54) is 7.11 Å². The van der Waals surface area contributed by atoms with Crippen LogP contribution in [0.2, 0.25) is 0 Å². The summed E-state index contributed by atoms with van der Waals surface area (Å²) in [4.78, 5) is 21.6. The van der Waals surface area contributed by atoms with Gasteiger partial charge in [-0.1, -0.05) is 0 Å². The van der Waals surface area contributed by atoms with Crippen molar-refractivity contribution in [2.45, 2.75) is 44.1 Å². The topological polar surface area (TPSA) is 110 Å². The minimum absolute atomic E-state index is 0.0311. The third kappa shape index (κ3) is 5.15. The Labute approximate surface area is 112 Å². The number of carbonyl (C=O) groups is 2. The predicted octanol–water partition coefficient (Wildman–Crippen LogP) is 0.256. The van der Waals surface area contributed by atoms with Gasteiger partial charge in [-0.2, -0.15) is 0 Å². The Kier molecular flexibility index (Phi) is 5.30. The summed E-state index contributed by atoms with van der Waals surface area (Å²) in [6.07, 6.45) is 1.88. The van der Waals surface area contributed by atoms with Crippen LogP contribution in [0.25, 0.3) is 0 Å². The molecule has 0 aromatic heterocycles. The minimum atomic E-state index is -3.57. The van der Waals surface area contributed by atoms with Crippen LogP contribution in [0.5, 0.6) is 0 Å². The summed E-state index contributed by atoms with van der Waals surface area (Å²) in [7, 11) is -2.33. The number of nitrogens with one attached hydrogen (secondary N) is 1. The first-order valence-electron chi connectivity index (χ1n) is 6.09. The second-order valence-corrected chi connectivity index (χ2v) is 6.65. The molecule has 0 amide bonds. The Morgan fingerprint density at radius 3 is 2.42 bits per heavy atom. The van der Waals surface area contributed by atoms with Gasteiger partial charge in [0, 0.05) is 12.0 Å². The van der Waals surface area contributed by atoms with E-state index >= 15 is 0 Å². The summed E-state index contributed by atoms with van der Waals surface area (Å²) in [5.74, 6) is -1.68. The molecule has 2 N–H and O–H groups in total. The van der Waals surface area contributed by atoms with Crippen LogP contribution in [0, 0.1) is 0 Å². The fourth-order valence-electron chi connectivity index (χ4n) is 2.10. The molecule has 0 aromatic carbocycles. The maximum Gasteiger partial charge on any atom is 0.305 e. The molecule has 0 unspecified atom stereocenters. The lowest BCUT2D eigenvalue weighted by molar-refractivity contribution is -0.141. The molecule has 19 heavy (non-hydrogen) atoms. The van der Waals surface area contributed by atoms with E-state index in [1.54, 1.807) is 0 Å². The van der Waals surface area contributed by atoms with E-state index in [9.17, 15) is 18.0 Å². The first-order chi connectivity index (χ1) is 8.79. The lowest BCUT2D eigenvalue weighted by Crippen LogP contribution is -2.55. The SMILES string of the molecule is COC(=O)CCCS(=O)(=O)NC1(CC(=O)O)CCC1. The number of ether oxygens (including phenoxy) is 1. The lowest BCUT2D eigenvalue weighted by Gasteiger charge is -2.41. The summed E-state index contributed by atoms with van der Waals surface area (Å²) in [5, 5.41) is 8.80. The van der Waals surface area contributed by atoms with E-state index in [0.717, 1.165) is 6.42 Å². The highest BCUT2D eigenvalue weighted by molar-refractivity contribution is 7.89. The molecule has 0 aliphatic heterocycles. The van der Waals surface area contributed by atoms with Gasteiger partial charge in [0.2, 0.25) is 10.0 Å². The summed E-state index contributed by atoms with van der Waals surface area (Å²) in [6, 6.07) is 0. The van der Waals surface area contributed by atoms with Crippen molar-refractivity contribution in [2.75, 3.05) is 12.9 Å². The molecule has 7 nitrogen and oxygen atoms in total. The molecule has 0 radical (unpaired) electrons. The third-order valence-electron chi connectivity index (χ3n) is 3.19. The number of aliphatic carboxylic acids is 1. The molecule has 8 heteroatoms. The van der Waals surface area contributed by atoms with Crippen LogP contribution >= 0.6 is 0 Å². The molecule has 0 bridgehead atoms. The summed E-state index contributed by atoms with van der Waals surface area (Å²) in [6.45, 7) is 0. The van der Waals surface area contributed by atoms with E-state index in [2.05, 4.69) is 9.46 Å². The van der Waals surface area contributed by atoms with Crippen molar-refractivity contribution in [2.24, 2.45) is 0 Å². The molecule has 110 valence electrons. The fourth-order valence-corrected chi connectivity index (χ4v) is 3.66. The highest BCUT2D eigenvalue weighted by Gasteiger charge is 2.41. The molecular weight excluding hydrogens is 274 g/mol. The zero-order chi connectivity index (χ0) is 14.5. The van der Waals surface area contributed by atoms with Crippen molar-refractivity contribution in [1.82, 2.24) is 4.72 Å². The third-order valence-corrected chi connectivity index (χ3v) is 4.76. The first-order valence-corrected chi connectivity index (χ1v) is 7.74. The Morgan fingerprint density at radius 2 is 2.00 bits per heavy atom. The van der Waals surface area contributed by atoms with Gasteiger partial charge in [0.1, 0.15) is 0 Å². The van der Waals surface area contributed by atoms with Gasteiger partial charge in [0.05, 0.1) is 19.3 Å². The van der Waals surface area contributed by atoms with Crippen LogP contribution in [-0.2, 0) is 24.3 Å². The van der Waals surface area contributed by atoms with Gasteiger partial charge in [-0.05, 0) is 25.7 Å². The average Bonchev–Trinajstić information content (AvgIpc) is 2.24. The number of hydrogen-bond acceptors (Lipinski definition) is 5. The number of methoxy groups -OCH3 is 1. The number of esters is 1. The van der Waals surface area contributed by atoms with Gasteiger partial charge in [0.15, 0.2) is 0 Å². The molecule has 0 saturated heterocycles. The highest BCUT2D eigenvalue weighted by Crippen LogP contribution is 2.35. The standard InChI is InChI=1S/C11H19NO6S/c1-18-10(15)4-2-7-19(16,17)12-11(5-3-6-11)8-9(13)14/h12H,2-8H2,1H3,(H,13,14). The van der Waals surface area contributed by atoms with Gasteiger partial charge >= 0.3 is 11.9 Å². The number of carboxylic acid groups (broad SMARTS) is 1. The van der Waals surface area contributed by atoms with Crippen molar-refractivity contribution < 1.29 is 27.9 Å². The molecule has 0 aromatic rings. The smallest absolute Gasteiger partial charge is 0.305 e. The van der Waals surface area contributed by atoms with Gasteiger partial charge < -0.3 is 9.84 Å². The summed E-state index contributed by atoms with van der Waals surface area (Å²) in [5.41, 5.74) is -0.837. The second kappa shape index (κ2) is 6.33. The van der Waals surface area contributed by atoms with E-state index < -0.39 is 27.5 Å². The number of sulfonamides is 1. The van der Waals surface area contributed by atoms with Crippen LogP contribution in [0.4, 0.5) is 0 Å². The Morgan fingerprint density at radius 1 is 1.37 bits per heavy atom. The maximum absolute atomic E-state index is 11.8. The Hall–Kier alpha value is -1.15. The van der Waals surface area contributed by atoms with Gasteiger partial charge in [-0.15, -0.1) is 0 Å². The second-order valence-electron chi connectivity index (χ2n) is 4.81. The van der Waals surface area contributed by atoms with Gasteiger partial charge in [-0.25, -0.2) is 13.1 Å². The largest absolute Gasteiger partial charge is 0.481 e. The summed E-state index contributed by atoms with van der Waals surface area (Å²) >= 11 is 0. The van der Waals surface area contributed by atoms with E-state index in [0.29, 0.717) is 12.8 Å². The monoisotopic (exact) mass is 293 g/mol. The quantitative estimate of drug-likeness (QED) is 0.621. The van der Waals surface area contributed by atoms with Crippen molar-refractivity contribution >= 4 is 22.0 Å². The maximum atomic E-state index is 11.8. The molecule has 0 heterocycles. The van der Waals surface area contributed by atoms with Crippen molar-refractivity contribution in [3.05, 3.63) is 0 Å². The number of carbonyl (C=O) groups excluding carboxylic acids is 1. The molecule has 1 aliphatic rings. The lowest BCUT2D eigenvalue weighted by atomic mass is 9.75. The summed E-state index contributed by atoms with van der Waals surface area (Å²) < 4.78 is 30.6. The van der Waals surface area contributed by atoms with E-state index in [4.69, 9.17) is 5.11 Å². The highest BCUT2D eigenvalue weighted by atomic mass is 32.2. The molecular formula is C11H19NO6S. The number of carboxylic acids is 1. The van der Waals surface area contributed by atoms with Crippen LogP contribution in [-0.4, -0.2) is 43.9 Å². The fraction of sp³-hybridized carbons (Fsp3) is 0.818. The molecule has 1 saturated carbocycles. The number of hydrogen-bond donors (Lipinski definition) is 2. The number of rotatable bonds is 8. The van der Waals surface area contributed by atoms with Crippen molar-refractivity contribution in [3.8, 4) is 0 Å². The molecule has 1 fully saturated rings. The van der Waals surface area contributed by atoms with Gasteiger partial charge in [-0.3, -0.25) is 9.59 Å². The van der Waals surface area contributed by atoms with E-state index in [-0.39, 0.29) is 25.0 Å². The molecule has 1 rings (SSSR count). The molecule has 1 aliphatic carbocycles. The molecule has 0 spiro atoms. The van der Waals surface area contributed by atoms with Crippen molar-refractivity contribution in [3.63, 3.8) is 0 Å². The molecule has 0 atom stereocenters. The Balaban J connectivity index is 2.49. The van der Waals surface area contributed by atoms with Crippen LogP contribution < -0.4 is 4.72 Å². The van der Waals surface area contributed by atoms with Crippen LogP contribution in [0.15, 0.2) is 0 Å². The zero-order valence-corrected chi connectivity index (χ0v) is 11.7. The van der Waals surface area contributed by atoms with Crippen molar-refractivity contribution in [1.29, 1.82) is 0 Å². The van der Waals surface area contributed by atoms with Crippen LogP contribution in [0.1, 0.15) is 38.5 Å². The van der Waals surface area contributed by atoms with E-state index in [1.807, 2.05) is 0 Å². The van der Waals surface area contributed by atoms with Gasteiger partial charge in [0.25, 0.3) is 0 Å².